The number of rotatable bonds is 24. The molecular weight excluding hydrogens is 939 g/mol. The van der Waals surface area contributed by atoms with Crippen LogP contribution in [-0.4, -0.2) is 71.8 Å². The summed E-state index contributed by atoms with van der Waals surface area (Å²) in [6.07, 6.45) is 16.7. The van der Waals surface area contributed by atoms with Gasteiger partial charge in [0.25, 0.3) is 4.92 Å². The highest BCUT2D eigenvalue weighted by Gasteiger charge is 2.59. The molecule has 4 amide bonds. The molecule has 0 spiro atoms. The van der Waals surface area contributed by atoms with Crippen LogP contribution in [0.25, 0.3) is 0 Å². The van der Waals surface area contributed by atoms with E-state index >= 15 is 0 Å². The maximum atomic E-state index is 13.4. The van der Waals surface area contributed by atoms with Crippen molar-refractivity contribution in [2.24, 2.45) is 46.3 Å². The highest BCUT2D eigenvalue weighted by Crippen LogP contribution is 2.67. The lowest BCUT2D eigenvalue weighted by molar-refractivity contribution is -0.729. The Kier molecular flexibility index (Phi) is 19.5. The fraction of sp³-hybridized carbons (Fsp3) is 0.576. The molecule has 9 atom stereocenters. The van der Waals surface area contributed by atoms with Crippen molar-refractivity contribution >= 4 is 41.2 Å². The van der Waals surface area contributed by atoms with Crippen molar-refractivity contribution in [2.45, 2.75) is 150 Å². The number of amides is 4. The van der Waals surface area contributed by atoms with Crippen molar-refractivity contribution in [1.29, 1.82) is 0 Å². The van der Waals surface area contributed by atoms with E-state index in [1.807, 2.05) is 30.3 Å². The Labute approximate surface area is 437 Å². The maximum absolute atomic E-state index is 13.4. The molecule has 3 aromatic rings. The predicted molar refractivity (Wildman–Crippen MR) is 282 cm³/mol. The zero-order valence-corrected chi connectivity index (χ0v) is 44.2. The average Bonchev–Trinajstić information content (AvgIpc) is 3.74. The summed E-state index contributed by atoms with van der Waals surface area (Å²) in [4.78, 5) is 74.9. The van der Waals surface area contributed by atoms with E-state index in [-0.39, 0.29) is 66.2 Å². The Morgan fingerprint density at radius 1 is 0.784 bits per heavy atom. The molecule has 0 bridgehead atoms. The van der Waals surface area contributed by atoms with Crippen LogP contribution in [0, 0.1) is 51.2 Å². The van der Waals surface area contributed by atoms with Gasteiger partial charge in [-0.1, -0.05) is 108 Å². The summed E-state index contributed by atoms with van der Waals surface area (Å²) in [5.41, 5.74) is 4.19. The third kappa shape index (κ3) is 14.8. The maximum Gasteiger partial charge on any atom is 0.514 e. The molecule has 15 nitrogen and oxygen atoms in total. The van der Waals surface area contributed by atoms with Crippen molar-refractivity contribution in [3.63, 3.8) is 0 Å². The standard InChI is InChI=1S/C59H79N5O10/c1-39(2)11-9-12-40(3)49-25-26-50-48-24-17-43-36-47(29-31-58(43,4)51(48)30-32-59(49,50)5)72-34-10-33-60-53(65)27-28-54(66)63-52(35-41-13-7-6-8-14-41)56(68)61-37-55(67)62-44-18-15-42(16-19-44)38-73-57(69)74-46-22-20-45(21-23-46)64(70)71/h6-8,13-23,39-40,47-52H,9-12,24-38H2,1-5H3,(H4-,60,61,62,63,65,66,67,68,70,71)/p+1/t40-,47+,48+,49?,50?,51?,52+,58+,59-/m1/s1. The third-order valence-corrected chi connectivity index (χ3v) is 17.0. The molecule has 3 unspecified atom stereocenters. The van der Waals surface area contributed by atoms with Crippen LogP contribution in [0.15, 0.2) is 90.5 Å². The Bertz CT molecular complexity index is 2430. The number of anilines is 1. The molecule has 4 aliphatic carbocycles. The van der Waals surface area contributed by atoms with Crippen molar-refractivity contribution < 1.29 is 48.3 Å². The summed E-state index contributed by atoms with van der Waals surface area (Å²) < 4.78 is 16.6. The molecule has 15 heteroatoms. The summed E-state index contributed by atoms with van der Waals surface area (Å²) in [5, 5.41) is 19.9. The number of nitrogens with zero attached hydrogens (tertiary/aromatic N) is 1. The van der Waals surface area contributed by atoms with Gasteiger partial charge in [0, 0.05) is 50.2 Å². The Balaban J connectivity index is 0.783. The molecule has 3 aromatic carbocycles. The Morgan fingerprint density at radius 3 is 2.26 bits per heavy atom. The lowest BCUT2D eigenvalue weighted by Crippen LogP contribution is -2.51. The molecule has 0 aromatic heterocycles. The minimum atomic E-state index is -0.993. The van der Waals surface area contributed by atoms with Gasteiger partial charge in [-0.25, -0.2) is 10.0 Å². The van der Waals surface area contributed by atoms with E-state index in [0.717, 1.165) is 53.9 Å². The van der Waals surface area contributed by atoms with Gasteiger partial charge in [-0.3, -0.25) is 19.2 Å². The molecule has 4 aliphatic rings. The molecule has 0 heterocycles. The number of allylic oxidation sites excluding steroid dienone is 1. The van der Waals surface area contributed by atoms with Crippen LogP contribution >= 0.6 is 0 Å². The van der Waals surface area contributed by atoms with Gasteiger partial charge in [0.05, 0.1) is 17.6 Å². The van der Waals surface area contributed by atoms with E-state index in [1.165, 1.54) is 82.1 Å². The Morgan fingerprint density at radius 2 is 1.53 bits per heavy atom. The second-order valence-corrected chi connectivity index (χ2v) is 22.4. The molecule has 0 radical (unpaired) electrons. The van der Waals surface area contributed by atoms with Gasteiger partial charge < -0.3 is 35.5 Å². The Hall–Kier alpha value is -6.09. The predicted octanol–water partition coefficient (Wildman–Crippen LogP) is 10.7. The van der Waals surface area contributed by atoms with Crippen LogP contribution in [0.5, 0.6) is 5.75 Å². The third-order valence-electron chi connectivity index (χ3n) is 17.0. The monoisotopic (exact) mass is 1020 g/mol. The first-order valence-corrected chi connectivity index (χ1v) is 27.2. The van der Waals surface area contributed by atoms with Crippen molar-refractivity contribution in [3.8, 4) is 5.75 Å². The van der Waals surface area contributed by atoms with Crippen LogP contribution < -0.4 is 26.0 Å². The van der Waals surface area contributed by atoms with Crippen LogP contribution in [-0.2, 0) is 41.7 Å². The lowest BCUT2D eigenvalue weighted by atomic mass is 9.47. The first-order chi connectivity index (χ1) is 35.5. The van der Waals surface area contributed by atoms with E-state index < -0.39 is 29.9 Å². The van der Waals surface area contributed by atoms with Gasteiger partial charge in [-0.15, -0.1) is 0 Å². The number of nitrogens with one attached hydrogen (secondary N) is 4. The zero-order chi connectivity index (χ0) is 52.8. The number of hydrogen-bond donors (Lipinski definition) is 5. The first-order valence-electron chi connectivity index (χ1n) is 27.2. The van der Waals surface area contributed by atoms with Crippen molar-refractivity contribution in [1.82, 2.24) is 16.0 Å². The molecule has 74 heavy (non-hydrogen) atoms. The largest absolute Gasteiger partial charge is 0.514 e. The summed E-state index contributed by atoms with van der Waals surface area (Å²) in [7, 11) is 0. The summed E-state index contributed by atoms with van der Waals surface area (Å²) in [6, 6.07) is 19.9. The van der Waals surface area contributed by atoms with Crippen LogP contribution in [0.4, 0.5) is 16.2 Å². The second kappa shape index (κ2) is 25.9. The van der Waals surface area contributed by atoms with Gasteiger partial charge in [0.15, 0.2) is 0 Å². The van der Waals surface area contributed by atoms with Crippen LogP contribution in [0.1, 0.15) is 136 Å². The fourth-order valence-electron chi connectivity index (χ4n) is 13.1. The molecule has 3 saturated carbocycles. The van der Waals surface area contributed by atoms with E-state index in [2.05, 4.69) is 62.0 Å². The van der Waals surface area contributed by atoms with E-state index in [0.29, 0.717) is 36.2 Å². The first kappa shape index (κ1) is 55.7. The SMILES string of the molecule is CC(C)CCC[C@@H](C)C1CCC2[C@@H]3CC=C4C[C@@H](OCCCNC(=O)CCC(=O)N[C@@H](Cc5ccccc5)C(=O)NCC(=O)Nc5ccc(COC(=O)Oc6ccc([N+](=O)O)cc6)cc5)CC[C@]4(C)C3CC[C@@]21C. The van der Waals surface area contributed by atoms with Gasteiger partial charge in [0.1, 0.15) is 18.4 Å². The minimum Gasteiger partial charge on any atom is -0.429 e. The smallest absolute Gasteiger partial charge is 0.429 e. The van der Waals surface area contributed by atoms with Gasteiger partial charge in [0.2, 0.25) is 23.6 Å². The van der Waals surface area contributed by atoms with Crippen LogP contribution in [0.2, 0.25) is 0 Å². The molecule has 0 saturated heterocycles. The highest BCUT2D eigenvalue weighted by atomic mass is 16.7. The molecule has 3 fully saturated rings. The number of carbonyl (C=O) groups is 5. The number of carbonyl (C=O) groups excluding carboxylic acids is 5. The molecule has 400 valence electrons. The molecular formula is C59H80N5O10+. The quantitative estimate of drug-likeness (QED) is 0.0189. The highest BCUT2D eigenvalue weighted by molar-refractivity contribution is 5.96. The van der Waals surface area contributed by atoms with Crippen molar-refractivity contribution in [3.05, 3.63) is 107 Å². The normalized spacial score (nSPS) is 24.7. The van der Waals surface area contributed by atoms with Gasteiger partial charge in [-0.2, -0.15) is 0 Å². The summed E-state index contributed by atoms with van der Waals surface area (Å²) >= 11 is 0. The number of hydrogen-bond acceptors (Lipinski definition) is 9. The number of ether oxygens (including phenoxy) is 3. The second-order valence-electron chi connectivity index (χ2n) is 22.4. The molecule has 0 aliphatic heterocycles. The summed E-state index contributed by atoms with van der Waals surface area (Å²) in [6.45, 7) is 13.0. The lowest BCUT2D eigenvalue weighted by Gasteiger charge is -2.58. The number of benzene rings is 3. The minimum absolute atomic E-state index is 0.0335. The van der Waals surface area contributed by atoms with E-state index in [1.54, 1.807) is 29.8 Å². The number of fused-ring (bicyclic) bond motifs is 5. The summed E-state index contributed by atoms with van der Waals surface area (Å²) in [5.74, 6) is 3.26. The average molecular weight is 1020 g/mol. The van der Waals surface area contributed by atoms with Crippen LogP contribution in [0.3, 0.4) is 0 Å². The van der Waals surface area contributed by atoms with Crippen molar-refractivity contribution in [2.75, 3.05) is 25.0 Å². The van der Waals surface area contributed by atoms with E-state index in [9.17, 15) is 28.9 Å². The topological polar surface area (TPSA) is 201 Å². The molecule has 7 rings (SSSR count). The van der Waals surface area contributed by atoms with Gasteiger partial charge >= 0.3 is 11.8 Å². The molecule has 5 N–H and O–H groups in total. The van der Waals surface area contributed by atoms with E-state index in [4.69, 9.17) is 19.4 Å². The zero-order valence-electron chi connectivity index (χ0n) is 44.2. The fourth-order valence-corrected chi connectivity index (χ4v) is 13.1. The van der Waals surface area contributed by atoms with Gasteiger partial charge in [-0.05, 0) is 140 Å².